The third-order valence-electron chi connectivity index (χ3n) is 4.89. The van der Waals surface area contributed by atoms with Crippen LogP contribution in [0, 0.1) is 11.3 Å². The number of rotatable bonds is 4. The van der Waals surface area contributed by atoms with Crippen LogP contribution in [-0.2, 0) is 4.79 Å². The van der Waals surface area contributed by atoms with Crippen LogP contribution in [-0.4, -0.2) is 29.9 Å². The van der Waals surface area contributed by atoms with E-state index in [0.717, 1.165) is 12.8 Å². The third-order valence-corrected chi connectivity index (χ3v) is 4.89. The minimum absolute atomic E-state index is 0.0972. The summed E-state index contributed by atoms with van der Waals surface area (Å²) in [5.41, 5.74) is 6.51. The van der Waals surface area contributed by atoms with Crippen molar-refractivity contribution < 1.29 is 4.79 Å². The van der Waals surface area contributed by atoms with Gasteiger partial charge in [0.25, 0.3) is 0 Å². The van der Waals surface area contributed by atoms with E-state index in [2.05, 4.69) is 13.8 Å². The molecule has 0 bridgehead atoms. The molecule has 3 nitrogen and oxygen atoms in total. The summed E-state index contributed by atoms with van der Waals surface area (Å²) in [5, 5.41) is 0. The van der Waals surface area contributed by atoms with Crippen LogP contribution in [0.4, 0.5) is 0 Å². The molecule has 0 saturated heterocycles. The minimum Gasteiger partial charge on any atom is -0.343 e. The Labute approximate surface area is 111 Å². The van der Waals surface area contributed by atoms with Crippen molar-refractivity contribution in [1.82, 2.24) is 4.90 Å². The molecule has 2 N–H and O–H groups in total. The van der Waals surface area contributed by atoms with Crippen LogP contribution in [0.25, 0.3) is 0 Å². The molecular weight excluding hydrogens is 224 g/mol. The van der Waals surface area contributed by atoms with Gasteiger partial charge in [-0.05, 0) is 49.9 Å². The number of nitrogens with zero attached hydrogens (tertiary/aromatic N) is 1. The lowest BCUT2D eigenvalue weighted by atomic mass is 9.75. The molecule has 2 saturated carbocycles. The van der Waals surface area contributed by atoms with Crippen LogP contribution >= 0.6 is 0 Å². The van der Waals surface area contributed by atoms with Crippen LogP contribution in [0.3, 0.4) is 0 Å². The van der Waals surface area contributed by atoms with Crippen LogP contribution in [0.1, 0.15) is 58.8 Å². The summed E-state index contributed by atoms with van der Waals surface area (Å²) in [6, 6.07) is 0.539. The highest BCUT2D eigenvalue weighted by atomic mass is 16.2. The van der Waals surface area contributed by atoms with E-state index in [0.29, 0.717) is 23.8 Å². The van der Waals surface area contributed by atoms with Crippen LogP contribution in [0.5, 0.6) is 0 Å². The zero-order chi connectivity index (χ0) is 13.3. The van der Waals surface area contributed by atoms with E-state index in [1.54, 1.807) is 0 Å². The molecule has 0 spiro atoms. The molecule has 0 aromatic carbocycles. The smallest absolute Gasteiger partial charge is 0.224 e. The van der Waals surface area contributed by atoms with Crippen molar-refractivity contribution in [3.63, 3.8) is 0 Å². The molecule has 0 aromatic heterocycles. The van der Waals surface area contributed by atoms with Gasteiger partial charge in [-0.25, -0.2) is 0 Å². The van der Waals surface area contributed by atoms with Crippen molar-refractivity contribution >= 4 is 5.91 Å². The normalized spacial score (nSPS) is 25.8. The van der Waals surface area contributed by atoms with Gasteiger partial charge in [-0.1, -0.05) is 13.8 Å². The summed E-state index contributed by atoms with van der Waals surface area (Å²) in [4.78, 5) is 14.2. The molecule has 0 aromatic rings. The second-order valence-corrected chi connectivity index (χ2v) is 7.11. The van der Waals surface area contributed by atoms with Gasteiger partial charge in [-0.2, -0.15) is 0 Å². The second-order valence-electron chi connectivity index (χ2n) is 7.11. The quantitative estimate of drug-likeness (QED) is 0.835. The molecule has 1 unspecified atom stereocenters. The van der Waals surface area contributed by atoms with Crippen LogP contribution < -0.4 is 5.73 Å². The molecule has 2 fully saturated rings. The maximum absolute atomic E-state index is 12.2. The van der Waals surface area contributed by atoms with Crippen molar-refractivity contribution in [1.29, 1.82) is 0 Å². The molecule has 0 aliphatic heterocycles. The Morgan fingerprint density at radius 3 is 2.33 bits per heavy atom. The minimum atomic E-state index is 0.0972. The number of nitrogens with two attached hydrogens (primary N) is 1. The Hall–Kier alpha value is -0.570. The average Bonchev–Trinajstić information content (AvgIpc) is 3.11. The van der Waals surface area contributed by atoms with Gasteiger partial charge in [0, 0.05) is 25.6 Å². The largest absolute Gasteiger partial charge is 0.343 e. The van der Waals surface area contributed by atoms with Gasteiger partial charge < -0.3 is 10.6 Å². The highest BCUT2D eigenvalue weighted by molar-refractivity contribution is 5.77. The highest BCUT2D eigenvalue weighted by Crippen LogP contribution is 2.37. The summed E-state index contributed by atoms with van der Waals surface area (Å²) >= 11 is 0. The van der Waals surface area contributed by atoms with Gasteiger partial charge in [0.1, 0.15) is 0 Å². The van der Waals surface area contributed by atoms with Crippen molar-refractivity contribution in [2.75, 3.05) is 7.05 Å². The Morgan fingerprint density at radius 1 is 1.28 bits per heavy atom. The number of hydrogen-bond donors (Lipinski definition) is 1. The lowest BCUT2D eigenvalue weighted by molar-refractivity contribution is -0.133. The number of amides is 1. The van der Waals surface area contributed by atoms with E-state index in [-0.39, 0.29) is 11.9 Å². The van der Waals surface area contributed by atoms with Crippen LogP contribution in [0.15, 0.2) is 0 Å². The molecule has 1 atom stereocenters. The van der Waals surface area contributed by atoms with E-state index >= 15 is 0 Å². The first-order valence-electron chi connectivity index (χ1n) is 7.40. The Kier molecular flexibility index (Phi) is 4.00. The molecule has 0 heterocycles. The third kappa shape index (κ3) is 3.47. The van der Waals surface area contributed by atoms with Gasteiger partial charge in [0.15, 0.2) is 0 Å². The summed E-state index contributed by atoms with van der Waals surface area (Å²) in [5.74, 6) is 0.867. The lowest BCUT2D eigenvalue weighted by Crippen LogP contribution is -2.43. The molecule has 2 aliphatic rings. The first-order valence-corrected chi connectivity index (χ1v) is 7.40. The van der Waals surface area contributed by atoms with Crippen LogP contribution in [0.2, 0.25) is 0 Å². The van der Waals surface area contributed by atoms with E-state index in [4.69, 9.17) is 5.73 Å². The topological polar surface area (TPSA) is 46.3 Å². The second kappa shape index (κ2) is 5.20. The number of hydrogen-bond acceptors (Lipinski definition) is 2. The van der Waals surface area contributed by atoms with Gasteiger partial charge in [0.05, 0.1) is 0 Å². The molecule has 18 heavy (non-hydrogen) atoms. The van der Waals surface area contributed by atoms with Gasteiger partial charge >= 0.3 is 0 Å². The fourth-order valence-electron chi connectivity index (χ4n) is 3.01. The monoisotopic (exact) mass is 252 g/mol. The summed E-state index contributed by atoms with van der Waals surface area (Å²) in [6.45, 7) is 4.65. The maximum atomic E-state index is 12.2. The van der Waals surface area contributed by atoms with Crippen molar-refractivity contribution in [2.45, 2.75) is 70.9 Å². The highest BCUT2D eigenvalue weighted by Gasteiger charge is 2.33. The molecular formula is C15H28N2O. The van der Waals surface area contributed by atoms with Gasteiger partial charge in [-0.3, -0.25) is 4.79 Å². The fourth-order valence-corrected chi connectivity index (χ4v) is 3.01. The van der Waals surface area contributed by atoms with Gasteiger partial charge in [-0.15, -0.1) is 0 Å². The predicted octanol–water partition coefficient (Wildman–Crippen LogP) is 2.54. The maximum Gasteiger partial charge on any atom is 0.224 e. The zero-order valence-corrected chi connectivity index (χ0v) is 12.1. The summed E-state index contributed by atoms with van der Waals surface area (Å²) < 4.78 is 0. The predicted molar refractivity (Wildman–Crippen MR) is 74.1 cm³/mol. The molecule has 1 amide bonds. The molecule has 2 rings (SSSR count). The standard InChI is InChI=1S/C15H28N2O/c1-15(2)8-6-12(7-9-15)17(3)14(18)10-13(16)11-4-5-11/h11-13H,4-10,16H2,1-3H3. The fraction of sp³-hybridized carbons (Fsp3) is 0.933. The first kappa shape index (κ1) is 13.9. The molecule has 104 valence electrons. The molecule has 2 aliphatic carbocycles. The van der Waals surface area contributed by atoms with E-state index in [9.17, 15) is 4.79 Å². The molecule has 0 radical (unpaired) electrons. The Balaban J connectivity index is 1.79. The average molecular weight is 252 g/mol. The van der Waals surface area contributed by atoms with E-state index < -0.39 is 0 Å². The number of carbonyl (C=O) groups excluding carboxylic acids is 1. The SMILES string of the molecule is CN(C(=O)CC(N)C1CC1)C1CCC(C)(C)CC1. The van der Waals surface area contributed by atoms with Crippen molar-refractivity contribution in [3.8, 4) is 0 Å². The van der Waals surface area contributed by atoms with E-state index in [1.807, 2.05) is 11.9 Å². The van der Waals surface area contributed by atoms with Crippen molar-refractivity contribution in [2.24, 2.45) is 17.1 Å². The summed E-state index contributed by atoms with van der Waals surface area (Å²) in [7, 11) is 1.96. The van der Waals surface area contributed by atoms with Crippen molar-refractivity contribution in [3.05, 3.63) is 0 Å². The Bertz CT molecular complexity index is 300. The van der Waals surface area contributed by atoms with Gasteiger partial charge in [0.2, 0.25) is 5.91 Å². The lowest BCUT2D eigenvalue weighted by Gasteiger charge is -2.38. The van der Waals surface area contributed by atoms with E-state index in [1.165, 1.54) is 25.7 Å². The Morgan fingerprint density at radius 2 is 1.83 bits per heavy atom. The zero-order valence-electron chi connectivity index (χ0n) is 12.1. The first-order chi connectivity index (χ1) is 8.39. The molecule has 3 heteroatoms. The summed E-state index contributed by atoms with van der Waals surface area (Å²) in [6.07, 6.45) is 7.72. The number of carbonyl (C=O) groups is 1.